The first-order valence-corrected chi connectivity index (χ1v) is 9.00. The Bertz CT molecular complexity index is 651. The van der Waals surface area contributed by atoms with E-state index in [9.17, 15) is 9.59 Å². The summed E-state index contributed by atoms with van der Waals surface area (Å²) < 4.78 is 0. The van der Waals surface area contributed by atoms with Crippen LogP contribution in [0.3, 0.4) is 0 Å². The fourth-order valence-corrected chi connectivity index (χ4v) is 3.77. The summed E-state index contributed by atoms with van der Waals surface area (Å²) in [5.41, 5.74) is 0.540. The molecule has 1 unspecified atom stereocenters. The third kappa shape index (κ3) is 3.34. The number of amides is 2. The monoisotopic (exact) mass is 346 g/mol. The van der Waals surface area contributed by atoms with Gasteiger partial charge in [-0.05, 0) is 31.4 Å². The van der Waals surface area contributed by atoms with Crippen molar-refractivity contribution < 1.29 is 9.59 Å². The first-order chi connectivity index (χ1) is 11.6. The maximum absolute atomic E-state index is 12.7. The minimum atomic E-state index is -0.0410. The zero-order chi connectivity index (χ0) is 17.1. The van der Waals surface area contributed by atoms with E-state index in [1.54, 1.807) is 12.1 Å². The van der Waals surface area contributed by atoms with E-state index in [2.05, 4.69) is 19.1 Å². The van der Waals surface area contributed by atoms with Crippen LogP contribution in [0, 0.1) is 5.92 Å². The molecule has 0 aliphatic carbocycles. The summed E-state index contributed by atoms with van der Waals surface area (Å²) in [4.78, 5) is 29.1. The van der Waals surface area contributed by atoms with Crippen LogP contribution >= 0.6 is 11.6 Å². The molecule has 24 heavy (non-hydrogen) atoms. The molecule has 5 heteroatoms. The molecule has 0 bridgehead atoms. The molecule has 1 atom stereocenters. The first kappa shape index (κ1) is 17.0. The van der Waals surface area contributed by atoms with Crippen LogP contribution in [-0.2, 0) is 4.79 Å². The lowest BCUT2D eigenvalue weighted by atomic mass is 9.94. The van der Waals surface area contributed by atoms with Gasteiger partial charge >= 0.3 is 0 Å². The molecule has 4 nitrogen and oxygen atoms in total. The van der Waals surface area contributed by atoms with E-state index in [4.69, 9.17) is 11.6 Å². The largest absolute Gasteiger partial charge is 0.339 e. The first-order valence-electron chi connectivity index (χ1n) is 8.62. The summed E-state index contributed by atoms with van der Waals surface area (Å²) in [6.07, 6.45) is 6.59. The van der Waals surface area contributed by atoms with Crippen LogP contribution in [0.4, 0.5) is 0 Å². The van der Waals surface area contributed by atoms with Crippen LogP contribution in [0.1, 0.15) is 36.5 Å². The summed E-state index contributed by atoms with van der Waals surface area (Å²) in [5, 5.41) is 0.481. The Morgan fingerprint density at radius 3 is 2.58 bits per heavy atom. The summed E-state index contributed by atoms with van der Waals surface area (Å²) in [6.45, 7) is 4.04. The molecular weight excluding hydrogens is 324 g/mol. The Kier molecular flexibility index (Phi) is 5.24. The second-order valence-electron chi connectivity index (χ2n) is 6.44. The number of carbonyl (C=O) groups is 2. The average molecular weight is 347 g/mol. The van der Waals surface area contributed by atoms with Crippen molar-refractivity contribution in [1.82, 2.24) is 9.80 Å². The van der Waals surface area contributed by atoms with Crippen molar-refractivity contribution >= 4 is 23.4 Å². The molecule has 2 aliphatic heterocycles. The molecular formula is C19H23ClN2O2. The molecule has 1 fully saturated rings. The van der Waals surface area contributed by atoms with Gasteiger partial charge in [-0.1, -0.05) is 42.8 Å². The summed E-state index contributed by atoms with van der Waals surface area (Å²) in [7, 11) is 0. The zero-order valence-corrected chi connectivity index (χ0v) is 14.7. The number of nitrogens with zero attached hydrogens (tertiary/aromatic N) is 2. The number of halogens is 1. The highest BCUT2D eigenvalue weighted by Crippen LogP contribution is 2.25. The van der Waals surface area contributed by atoms with Gasteiger partial charge in [-0.3, -0.25) is 9.59 Å². The van der Waals surface area contributed by atoms with Crippen molar-refractivity contribution in [2.24, 2.45) is 5.92 Å². The van der Waals surface area contributed by atoms with Crippen LogP contribution in [0.15, 0.2) is 36.4 Å². The minimum Gasteiger partial charge on any atom is -0.339 e. The summed E-state index contributed by atoms with van der Waals surface area (Å²) in [5.74, 6) is 0.215. The second-order valence-corrected chi connectivity index (χ2v) is 6.85. The van der Waals surface area contributed by atoms with E-state index in [-0.39, 0.29) is 23.8 Å². The Morgan fingerprint density at radius 2 is 1.92 bits per heavy atom. The fraction of sp³-hybridized carbons (Fsp3) is 0.474. The minimum absolute atomic E-state index is 0.0224. The maximum Gasteiger partial charge on any atom is 0.255 e. The van der Waals surface area contributed by atoms with Crippen molar-refractivity contribution in [3.05, 3.63) is 47.0 Å². The van der Waals surface area contributed by atoms with E-state index < -0.39 is 0 Å². The van der Waals surface area contributed by atoms with Crippen molar-refractivity contribution in [2.75, 3.05) is 19.6 Å². The molecule has 2 amide bonds. The SMILES string of the molecule is CCC1C=CCN1C(=O)C1CCN(C(=O)c2ccccc2Cl)CC1. The number of hydrogen-bond donors (Lipinski definition) is 0. The molecule has 3 rings (SSSR count). The molecule has 2 heterocycles. The number of likely N-dealkylation sites (tertiary alicyclic amines) is 1. The van der Waals surface area contributed by atoms with E-state index in [1.165, 1.54) is 0 Å². The van der Waals surface area contributed by atoms with Crippen LogP contribution in [0.2, 0.25) is 5.02 Å². The van der Waals surface area contributed by atoms with Crippen molar-refractivity contribution in [1.29, 1.82) is 0 Å². The van der Waals surface area contributed by atoms with Gasteiger partial charge in [0.05, 0.1) is 16.6 Å². The van der Waals surface area contributed by atoms with Gasteiger partial charge in [0, 0.05) is 25.6 Å². The molecule has 2 aliphatic rings. The lowest BCUT2D eigenvalue weighted by molar-refractivity contribution is -0.137. The third-order valence-corrected chi connectivity index (χ3v) is 5.33. The number of piperidine rings is 1. The predicted molar refractivity (Wildman–Crippen MR) is 95.0 cm³/mol. The molecule has 0 saturated carbocycles. The van der Waals surface area contributed by atoms with Crippen LogP contribution in [0.25, 0.3) is 0 Å². The number of benzene rings is 1. The lowest BCUT2D eigenvalue weighted by Gasteiger charge is -2.35. The smallest absolute Gasteiger partial charge is 0.255 e. The number of carbonyl (C=O) groups excluding carboxylic acids is 2. The normalized spacial score (nSPS) is 21.3. The van der Waals surface area contributed by atoms with Gasteiger partial charge in [0.2, 0.25) is 5.91 Å². The third-order valence-electron chi connectivity index (χ3n) is 5.00. The molecule has 0 N–H and O–H groups in total. The number of rotatable bonds is 3. The van der Waals surface area contributed by atoms with Crippen LogP contribution < -0.4 is 0 Å². The Hall–Kier alpha value is -1.81. The quantitative estimate of drug-likeness (QED) is 0.787. The molecule has 0 spiro atoms. The zero-order valence-electron chi connectivity index (χ0n) is 14.0. The van der Waals surface area contributed by atoms with E-state index >= 15 is 0 Å². The van der Waals surface area contributed by atoms with E-state index in [0.717, 1.165) is 25.8 Å². The summed E-state index contributed by atoms with van der Waals surface area (Å²) in [6, 6.07) is 7.36. The van der Waals surface area contributed by atoms with Crippen molar-refractivity contribution in [3.63, 3.8) is 0 Å². The molecule has 1 aromatic rings. The van der Waals surface area contributed by atoms with Gasteiger partial charge in [-0.25, -0.2) is 0 Å². The predicted octanol–water partition coefficient (Wildman–Crippen LogP) is 3.37. The highest BCUT2D eigenvalue weighted by atomic mass is 35.5. The van der Waals surface area contributed by atoms with Gasteiger partial charge in [-0.15, -0.1) is 0 Å². The van der Waals surface area contributed by atoms with Gasteiger partial charge in [0.25, 0.3) is 5.91 Å². The van der Waals surface area contributed by atoms with Gasteiger partial charge in [-0.2, -0.15) is 0 Å². The summed E-state index contributed by atoms with van der Waals surface area (Å²) >= 11 is 6.12. The molecule has 1 saturated heterocycles. The highest BCUT2D eigenvalue weighted by molar-refractivity contribution is 6.33. The van der Waals surface area contributed by atoms with Crippen molar-refractivity contribution in [2.45, 2.75) is 32.2 Å². The fourth-order valence-electron chi connectivity index (χ4n) is 3.55. The Morgan fingerprint density at radius 1 is 1.21 bits per heavy atom. The molecule has 128 valence electrons. The topological polar surface area (TPSA) is 40.6 Å². The maximum atomic E-state index is 12.7. The average Bonchev–Trinajstić information content (AvgIpc) is 3.10. The molecule has 0 aromatic heterocycles. The highest BCUT2D eigenvalue weighted by Gasteiger charge is 2.33. The molecule has 0 radical (unpaired) electrons. The van der Waals surface area contributed by atoms with Gasteiger partial charge in [0.1, 0.15) is 0 Å². The van der Waals surface area contributed by atoms with Crippen LogP contribution in [-0.4, -0.2) is 47.3 Å². The van der Waals surface area contributed by atoms with E-state index in [0.29, 0.717) is 23.7 Å². The van der Waals surface area contributed by atoms with Crippen molar-refractivity contribution in [3.8, 4) is 0 Å². The second kappa shape index (κ2) is 7.39. The van der Waals surface area contributed by atoms with Gasteiger partial charge in [0.15, 0.2) is 0 Å². The molecule has 1 aromatic carbocycles. The van der Waals surface area contributed by atoms with E-state index in [1.807, 2.05) is 21.9 Å². The Labute approximate surface area is 148 Å². The van der Waals surface area contributed by atoms with Gasteiger partial charge < -0.3 is 9.80 Å². The lowest BCUT2D eigenvalue weighted by Crippen LogP contribution is -2.45. The standard InChI is InChI=1S/C19H23ClN2O2/c1-2-15-6-5-11-22(15)18(23)14-9-12-21(13-10-14)19(24)16-7-3-4-8-17(16)20/h3-8,14-15H,2,9-13H2,1H3. The number of hydrogen-bond acceptors (Lipinski definition) is 2. The Balaban J connectivity index is 1.59. The van der Waals surface area contributed by atoms with Crippen LogP contribution in [0.5, 0.6) is 0 Å².